The van der Waals surface area contributed by atoms with Gasteiger partial charge in [-0.05, 0) is 42.8 Å². The van der Waals surface area contributed by atoms with Crippen LogP contribution in [0.25, 0.3) is 22.4 Å². The Kier molecular flexibility index (Phi) is 6.09. The smallest absolute Gasteiger partial charge is 0.261 e. The fraction of sp³-hybridized carbons (Fsp3) is 0.200. The molecular weight excluding hydrogens is 486 g/mol. The number of amides is 2. The summed E-state index contributed by atoms with van der Waals surface area (Å²) in [6.45, 7) is 1.50. The maximum atomic E-state index is 12.8. The first-order chi connectivity index (χ1) is 17.2. The molecule has 3 heterocycles. The normalized spacial score (nSPS) is 14.8. The number of benzene rings is 2. The van der Waals surface area contributed by atoms with Crippen molar-refractivity contribution in [3.8, 4) is 11.4 Å². The molecule has 4 aromatic rings. The van der Waals surface area contributed by atoms with Crippen LogP contribution in [0.5, 0.6) is 0 Å². The summed E-state index contributed by atoms with van der Waals surface area (Å²) in [5.41, 5.74) is 2.11. The molecule has 11 heteroatoms. The van der Waals surface area contributed by atoms with Crippen molar-refractivity contribution in [3.05, 3.63) is 80.7 Å². The van der Waals surface area contributed by atoms with Crippen molar-refractivity contribution in [2.75, 3.05) is 18.4 Å². The third-order valence-corrected chi connectivity index (χ3v) is 6.17. The van der Waals surface area contributed by atoms with Gasteiger partial charge in [-0.3, -0.25) is 19.3 Å². The summed E-state index contributed by atoms with van der Waals surface area (Å²) in [5, 5.41) is 23.8. The number of β-amino-alcohol motifs (C(OH)–C–C–N with tert-alkyl or cyclic N) is 1. The number of pyridine rings is 1. The number of aromatic amines is 2. The topological polar surface area (TPSA) is 151 Å². The fourth-order valence-corrected chi connectivity index (χ4v) is 4.44. The molecule has 0 radical (unpaired) electrons. The van der Waals surface area contributed by atoms with Gasteiger partial charge in [0.15, 0.2) is 0 Å². The number of carbonyl (C=O) groups is 2. The molecule has 2 aromatic carbocycles. The third kappa shape index (κ3) is 4.26. The van der Waals surface area contributed by atoms with Gasteiger partial charge in [0.1, 0.15) is 11.4 Å². The van der Waals surface area contributed by atoms with Gasteiger partial charge in [-0.25, -0.2) is 4.98 Å². The number of H-pyrrole nitrogens is 2. The van der Waals surface area contributed by atoms with Crippen LogP contribution in [0, 0.1) is 0 Å². The number of aliphatic hydroxyl groups excluding tert-OH is 2. The first-order valence-electron chi connectivity index (χ1n) is 11.2. The van der Waals surface area contributed by atoms with Crippen molar-refractivity contribution in [2.24, 2.45) is 0 Å². The lowest BCUT2D eigenvalue weighted by molar-refractivity contribution is 0.0563. The molecule has 184 valence electrons. The Hall–Kier alpha value is -3.99. The minimum Gasteiger partial charge on any atom is -0.392 e. The van der Waals surface area contributed by atoms with Gasteiger partial charge in [-0.2, -0.15) is 0 Å². The number of imide groups is 1. The van der Waals surface area contributed by atoms with Crippen molar-refractivity contribution in [3.63, 3.8) is 0 Å². The van der Waals surface area contributed by atoms with Crippen molar-refractivity contribution < 1.29 is 19.8 Å². The lowest BCUT2D eigenvalue weighted by atomic mass is 10.1. The van der Waals surface area contributed by atoms with E-state index in [-0.39, 0.29) is 35.6 Å². The number of aromatic nitrogens is 3. The predicted octanol–water partition coefficient (Wildman–Crippen LogP) is 2.69. The number of hydrogen-bond donors (Lipinski definition) is 5. The summed E-state index contributed by atoms with van der Waals surface area (Å²) in [7, 11) is 0. The van der Waals surface area contributed by atoms with Crippen LogP contribution in [0.1, 0.15) is 39.3 Å². The molecule has 0 saturated heterocycles. The van der Waals surface area contributed by atoms with E-state index in [2.05, 4.69) is 20.3 Å². The van der Waals surface area contributed by atoms with Crippen LogP contribution >= 0.6 is 11.6 Å². The molecule has 2 atom stereocenters. The van der Waals surface area contributed by atoms with Gasteiger partial charge in [0, 0.05) is 17.8 Å². The number of imidazole rings is 1. The second-order valence-corrected chi connectivity index (χ2v) is 9.05. The first kappa shape index (κ1) is 23.7. The Balaban J connectivity index is 1.47. The number of carbonyl (C=O) groups excluding carboxylic acids is 2. The Morgan fingerprint density at radius 2 is 1.83 bits per heavy atom. The van der Waals surface area contributed by atoms with Crippen molar-refractivity contribution in [2.45, 2.75) is 19.1 Å². The number of rotatable bonds is 7. The van der Waals surface area contributed by atoms with E-state index < -0.39 is 29.6 Å². The lowest BCUT2D eigenvalue weighted by Crippen LogP contribution is -2.35. The van der Waals surface area contributed by atoms with Crippen LogP contribution in [-0.2, 0) is 0 Å². The molecule has 5 N–H and O–H groups in total. The summed E-state index contributed by atoms with van der Waals surface area (Å²) < 4.78 is 0. The van der Waals surface area contributed by atoms with Crippen LogP contribution in [0.3, 0.4) is 0 Å². The Bertz CT molecular complexity index is 1510. The highest BCUT2D eigenvalue weighted by Gasteiger charge is 2.36. The number of aliphatic hydroxyl groups is 2. The van der Waals surface area contributed by atoms with Crippen molar-refractivity contribution >= 4 is 40.1 Å². The van der Waals surface area contributed by atoms with Crippen LogP contribution in [0.4, 0.5) is 5.69 Å². The van der Waals surface area contributed by atoms with Crippen LogP contribution in [-0.4, -0.2) is 61.1 Å². The third-order valence-electron chi connectivity index (χ3n) is 5.94. The average Bonchev–Trinajstić information content (AvgIpc) is 3.35. The van der Waals surface area contributed by atoms with Gasteiger partial charge in [-0.1, -0.05) is 23.7 Å². The molecule has 10 nitrogen and oxygen atoms in total. The lowest BCUT2D eigenvalue weighted by Gasteiger charge is -2.15. The van der Waals surface area contributed by atoms with E-state index in [0.717, 1.165) is 4.90 Å². The predicted molar refractivity (Wildman–Crippen MR) is 134 cm³/mol. The molecule has 2 amide bonds. The highest BCUT2D eigenvalue weighted by molar-refractivity contribution is 6.30. The van der Waals surface area contributed by atoms with Crippen LogP contribution < -0.4 is 10.9 Å². The second kappa shape index (κ2) is 9.23. The summed E-state index contributed by atoms with van der Waals surface area (Å²) in [4.78, 5) is 49.4. The summed E-state index contributed by atoms with van der Waals surface area (Å²) in [5.74, 6) is -0.767. The van der Waals surface area contributed by atoms with E-state index in [4.69, 9.17) is 11.6 Å². The van der Waals surface area contributed by atoms with Gasteiger partial charge >= 0.3 is 0 Å². The molecule has 0 unspecified atom stereocenters. The molecule has 0 saturated carbocycles. The number of nitrogens with one attached hydrogen (secondary N) is 3. The van der Waals surface area contributed by atoms with Crippen LogP contribution in [0.15, 0.2) is 53.5 Å². The fourth-order valence-electron chi connectivity index (χ4n) is 4.24. The number of hydrogen-bond acceptors (Lipinski definition) is 7. The summed E-state index contributed by atoms with van der Waals surface area (Å²) >= 11 is 6.01. The van der Waals surface area contributed by atoms with Crippen molar-refractivity contribution in [1.82, 2.24) is 19.9 Å². The number of nitrogens with zero attached hydrogens (tertiary/aromatic N) is 2. The van der Waals surface area contributed by atoms with Crippen LogP contribution in [0.2, 0.25) is 5.02 Å². The minimum absolute atomic E-state index is 0.103. The Morgan fingerprint density at radius 3 is 2.56 bits per heavy atom. The van der Waals surface area contributed by atoms with E-state index in [1.165, 1.54) is 25.3 Å². The van der Waals surface area contributed by atoms with E-state index in [9.17, 15) is 24.6 Å². The molecule has 0 spiro atoms. The molecule has 5 rings (SSSR count). The minimum atomic E-state index is -0.879. The quantitative estimate of drug-likeness (QED) is 0.241. The van der Waals surface area contributed by atoms with Gasteiger partial charge in [0.2, 0.25) is 0 Å². The van der Waals surface area contributed by atoms with Gasteiger partial charge < -0.3 is 25.5 Å². The van der Waals surface area contributed by atoms with Crippen molar-refractivity contribution in [1.29, 1.82) is 0 Å². The zero-order chi connectivity index (χ0) is 25.6. The molecule has 1 aliphatic heterocycles. The Morgan fingerprint density at radius 1 is 1.08 bits per heavy atom. The SMILES string of the molecule is C[C@H](O)CN1C(=O)c2cc3nc(-c4c(NC[C@@H](O)c5cccc(Cl)c5)cc[nH]c4=O)[nH]c3cc2C1=O. The number of anilines is 1. The molecular formula is C25H22ClN5O5. The molecule has 0 aliphatic carbocycles. The summed E-state index contributed by atoms with van der Waals surface area (Å²) in [6, 6.07) is 11.5. The zero-order valence-electron chi connectivity index (χ0n) is 19.1. The van der Waals surface area contributed by atoms with Gasteiger partial charge in [0.25, 0.3) is 17.4 Å². The number of fused-ring (bicyclic) bond motifs is 2. The van der Waals surface area contributed by atoms with E-state index in [0.29, 0.717) is 27.3 Å². The first-order valence-corrected chi connectivity index (χ1v) is 11.6. The monoisotopic (exact) mass is 507 g/mol. The highest BCUT2D eigenvalue weighted by atomic mass is 35.5. The maximum absolute atomic E-state index is 12.8. The second-order valence-electron chi connectivity index (χ2n) is 8.62. The standard InChI is InChI=1S/C25H22ClN5O5/c1-12(32)11-31-24(35)15-8-18-19(9-16(15)25(31)36)30-22(29-18)21-17(5-6-27-23(21)34)28-10-20(33)13-3-2-4-14(26)7-13/h2-9,12,20,32-33H,10-11H2,1H3,(H,29,30)(H2,27,28,34)/t12-,20+/m0/s1. The van der Waals surface area contributed by atoms with E-state index >= 15 is 0 Å². The molecule has 1 aliphatic rings. The van der Waals surface area contributed by atoms with E-state index in [1.807, 2.05) is 0 Å². The summed E-state index contributed by atoms with van der Waals surface area (Å²) in [6.07, 6.45) is -0.253. The Labute approximate surface area is 209 Å². The van der Waals surface area contributed by atoms with Gasteiger partial charge in [0.05, 0.1) is 46.6 Å². The average molecular weight is 508 g/mol. The highest BCUT2D eigenvalue weighted by Crippen LogP contribution is 2.30. The molecule has 0 bridgehead atoms. The van der Waals surface area contributed by atoms with E-state index in [1.54, 1.807) is 30.3 Å². The largest absolute Gasteiger partial charge is 0.392 e. The van der Waals surface area contributed by atoms with Gasteiger partial charge in [-0.15, -0.1) is 0 Å². The number of halogens is 1. The molecule has 2 aromatic heterocycles. The maximum Gasteiger partial charge on any atom is 0.261 e. The molecule has 0 fully saturated rings. The zero-order valence-corrected chi connectivity index (χ0v) is 19.8. The molecule has 36 heavy (non-hydrogen) atoms.